The van der Waals surface area contributed by atoms with Crippen LogP contribution >= 0.6 is 0 Å². The van der Waals surface area contributed by atoms with Gasteiger partial charge in [-0.3, -0.25) is 0 Å². The fraction of sp³-hybridized carbons (Fsp3) is 1.00. The molecule has 1 saturated heterocycles. The first kappa shape index (κ1) is 14.9. The van der Waals surface area contributed by atoms with E-state index in [0.717, 1.165) is 32.2 Å². The summed E-state index contributed by atoms with van der Waals surface area (Å²) in [6.45, 7) is 12.1. The Morgan fingerprint density at radius 1 is 1.35 bits per heavy atom. The molecule has 0 amide bonds. The third-order valence-corrected chi connectivity index (χ3v) is 3.49. The highest BCUT2D eigenvalue weighted by molar-refractivity contribution is 4.83. The largest absolute Gasteiger partial charge is 0.379 e. The van der Waals surface area contributed by atoms with Crippen LogP contribution in [0.1, 0.15) is 33.6 Å². The van der Waals surface area contributed by atoms with Crippen molar-refractivity contribution >= 4 is 0 Å². The summed E-state index contributed by atoms with van der Waals surface area (Å²) in [4.78, 5) is 2.46. The van der Waals surface area contributed by atoms with Crippen molar-refractivity contribution in [1.29, 1.82) is 0 Å². The Bertz CT molecular complexity index is 197. The van der Waals surface area contributed by atoms with Gasteiger partial charge in [0.1, 0.15) is 0 Å². The minimum Gasteiger partial charge on any atom is -0.379 e. The predicted octanol–water partition coefficient (Wildman–Crippen LogP) is 1.98. The highest BCUT2D eigenvalue weighted by Gasteiger charge is 2.28. The number of hydrogen-bond acceptors (Lipinski definition) is 3. The van der Waals surface area contributed by atoms with Crippen LogP contribution in [0.2, 0.25) is 0 Å². The van der Waals surface area contributed by atoms with E-state index in [2.05, 4.69) is 38.0 Å². The molecular formula is C14H30N2O. The molecule has 0 bridgehead atoms. The van der Waals surface area contributed by atoms with E-state index in [-0.39, 0.29) is 0 Å². The summed E-state index contributed by atoms with van der Waals surface area (Å²) in [5.41, 5.74) is 0. The molecule has 1 heterocycles. The molecule has 0 aromatic carbocycles. The fourth-order valence-electron chi connectivity index (χ4n) is 2.30. The molecule has 1 fully saturated rings. The SMILES string of the molecule is CCCNC1COCC1CN(C)CCC(C)C. The van der Waals surface area contributed by atoms with Crippen LogP contribution < -0.4 is 5.32 Å². The van der Waals surface area contributed by atoms with Gasteiger partial charge in [-0.05, 0) is 38.9 Å². The summed E-state index contributed by atoms with van der Waals surface area (Å²) >= 11 is 0. The Morgan fingerprint density at radius 2 is 2.12 bits per heavy atom. The average Bonchev–Trinajstić information content (AvgIpc) is 2.71. The van der Waals surface area contributed by atoms with Crippen LogP contribution in [0.4, 0.5) is 0 Å². The Kier molecular flexibility index (Phi) is 7.09. The lowest BCUT2D eigenvalue weighted by molar-refractivity contribution is 0.172. The second kappa shape index (κ2) is 8.06. The van der Waals surface area contributed by atoms with Crippen molar-refractivity contribution in [3.63, 3.8) is 0 Å². The summed E-state index contributed by atoms with van der Waals surface area (Å²) in [5.74, 6) is 1.46. The minimum atomic E-state index is 0.566. The number of hydrogen-bond donors (Lipinski definition) is 1. The van der Waals surface area contributed by atoms with Gasteiger partial charge in [0.2, 0.25) is 0 Å². The molecule has 1 rings (SSSR count). The summed E-state index contributed by atoms with van der Waals surface area (Å²) < 4.78 is 5.60. The lowest BCUT2D eigenvalue weighted by Crippen LogP contribution is -2.41. The third-order valence-electron chi connectivity index (χ3n) is 3.49. The Morgan fingerprint density at radius 3 is 2.76 bits per heavy atom. The zero-order valence-corrected chi connectivity index (χ0v) is 12.0. The molecule has 3 heteroatoms. The molecule has 102 valence electrons. The van der Waals surface area contributed by atoms with Crippen LogP contribution in [0.25, 0.3) is 0 Å². The Labute approximate surface area is 107 Å². The standard InChI is InChI=1S/C14H30N2O/c1-5-7-15-14-11-17-10-13(14)9-16(4)8-6-12(2)3/h12-15H,5-11H2,1-4H3. The third kappa shape index (κ3) is 5.84. The maximum absolute atomic E-state index is 5.60. The monoisotopic (exact) mass is 242 g/mol. The lowest BCUT2D eigenvalue weighted by Gasteiger charge is -2.25. The van der Waals surface area contributed by atoms with Crippen molar-refractivity contribution in [2.45, 2.75) is 39.7 Å². The van der Waals surface area contributed by atoms with Crippen LogP contribution in [-0.4, -0.2) is 50.8 Å². The molecule has 1 aliphatic rings. The van der Waals surface area contributed by atoms with Gasteiger partial charge in [-0.15, -0.1) is 0 Å². The van der Waals surface area contributed by atoms with Gasteiger partial charge in [-0.2, -0.15) is 0 Å². The number of ether oxygens (including phenoxy) is 1. The van der Waals surface area contributed by atoms with Crippen LogP contribution in [0, 0.1) is 11.8 Å². The minimum absolute atomic E-state index is 0.566. The van der Waals surface area contributed by atoms with Crippen LogP contribution in [0.15, 0.2) is 0 Å². The topological polar surface area (TPSA) is 24.5 Å². The molecule has 0 aliphatic carbocycles. The second-order valence-electron chi connectivity index (χ2n) is 5.80. The van der Waals surface area contributed by atoms with E-state index in [1.165, 1.54) is 19.4 Å². The predicted molar refractivity (Wildman–Crippen MR) is 73.3 cm³/mol. The highest BCUT2D eigenvalue weighted by atomic mass is 16.5. The molecule has 0 aromatic rings. The van der Waals surface area contributed by atoms with Gasteiger partial charge >= 0.3 is 0 Å². The second-order valence-corrected chi connectivity index (χ2v) is 5.80. The van der Waals surface area contributed by atoms with E-state index in [9.17, 15) is 0 Å². The quantitative estimate of drug-likeness (QED) is 0.704. The fourth-order valence-corrected chi connectivity index (χ4v) is 2.30. The molecule has 0 saturated carbocycles. The first-order chi connectivity index (χ1) is 8.13. The Hall–Kier alpha value is -0.120. The van der Waals surface area contributed by atoms with Gasteiger partial charge in [-0.1, -0.05) is 20.8 Å². The van der Waals surface area contributed by atoms with Crippen molar-refractivity contribution < 1.29 is 4.74 Å². The van der Waals surface area contributed by atoms with E-state index in [1.54, 1.807) is 0 Å². The molecule has 17 heavy (non-hydrogen) atoms. The van der Waals surface area contributed by atoms with Gasteiger partial charge in [-0.25, -0.2) is 0 Å². The van der Waals surface area contributed by atoms with Crippen molar-refractivity contribution in [3.8, 4) is 0 Å². The molecule has 3 nitrogen and oxygen atoms in total. The summed E-state index contributed by atoms with van der Waals surface area (Å²) in [5, 5.41) is 3.60. The van der Waals surface area contributed by atoms with E-state index in [0.29, 0.717) is 12.0 Å². The van der Waals surface area contributed by atoms with Crippen molar-refractivity contribution in [1.82, 2.24) is 10.2 Å². The van der Waals surface area contributed by atoms with E-state index >= 15 is 0 Å². The lowest BCUT2D eigenvalue weighted by atomic mass is 10.0. The summed E-state index contributed by atoms with van der Waals surface area (Å²) in [6.07, 6.45) is 2.49. The van der Waals surface area contributed by atoms with E-state index < -0.39 is 0 Å². The van der Waals surface area contributed by atoms with E-state index in [4.69, 9.17) is 4.74 Å². The smallest absolute Gasteiger partial charge is 0.0623 e. The van der Waals surface area contributed by atoms with Crippen LogP contribution in [0.5, 0.6) is 0 Å². The molecule has 0 radical (unpaired) electrons. The number of nitrogens with one attached hydrogen (secondary N) is 1. The number of rotatable bonds is 8. The van der Waals surface area contributed by atoms with Crippen LogP contribution in [0.3, 0.4) is 0 Å². The van der Waals surface area contributed by atoms with E-state index in [1.807, 2.05) is 0 Å². The van der Waals surface area contributed by atoms with Crippen molar-refractivity contribution in [2.24, 2.45) is 11.8 Å². The van der Waals surface area contributed by atoms with Gasteiger partial charge < -0.3 is 15.0 Å². The number of nitrogens with zero attached hydrogens (tertiary/aromatic N) is 1. The first-order valence-electron chi connectivity index (χ1n) is 7.13. The molecule has 0 spiro atoms. The molecule has 2 atom stereocenters. The first-order valence-corrected chi connectivity index (χ1v) is 7.13. The molecule has 1 N–H and O–H groups in total. The molecule has 0 aromatic heterocycles. The molecule has 2 unspecified atom stereocenters. The maximum atomic E-state index is 5.60. The molecule has 1 aliphatic heterocycles. The van der Waals surface area contributed by atoms with Crippen LogP contribution in [-0.2, 0) is 4.74 Å². The zero-order chi connectivity index (χ0) is 12.7. The zero-order valence-electron chi connectivity index (χ0n) is 12.0. The van der Waals surface area contributed by atoms with Gasteiger partial charge in [0.15, 0.2) is 0 Å². The Balaban J connectivity index is 2.23. The van der Waals surface area contributed by atoms with Gasteiger partial charge in [0.25, 0.3) is 0 Å². The normalized spacial score (nSPS) is 25.1. The summed E-state index contributed by atoms with van der Waals surface area (Å²) in [7, 11) is 2.23. The average molecular weight is 242 g/mol. The van der Waals surface area contributed by atoms with Crippen molar-refractivity contribution in [2.75, 3.05) is 39.9 Å². The summed E-state index contributed by atoms with van der Waals surface area (Å²) in [6, 6.07) is 0.566. The van der Waals surface area contributed by atoms with Gasteiger partial charge in [0.05, 0.1) is 13.2 Å². The highest BCUT2D eigenvalue weighted by Crippen LogP contribution is 2.15. The van der Waals surface area contributed by atoms with Gasteiger partial charge in [0, 0.05) is 18.5 Å². The maximum Gasteiger partial charge on any atom is 0.0623 e. The van der Waals surface area contributed by atoms with Crippen molar-refractivity contribution in [3.05, 3.63) is 0 Å². The molecular weight excluding hydrogens is 212 g/mol.